The molecule has 0 amide bonds. The predicted molar refractivity (Wildman–Crippen MR) is 131 cm³/mol. The molecule has 0 saturated heterocycles. The van der Waals surface area contributed by atoms with Crippen molar-refractivity contribution in [3.05, 3.63) is 54.6 Å². The number of rotatable bonds is 6. The fraction of sp³-hybridized carbons (Fsp3) is 0.0476. The van der Waals surface area contributed by atoms with Gasteiger partial charge in [0.1, 0.15) is 26.1 Å². The molecule has 0 heterocycles. The molecule has 4 N–H and O–H groups in total. The maximum absolute atomic E-state index is 12.2. The molecular formula is C21H16N3O10S3. The number of fused-ring (bicyclic) bond motifs is 2. The molecule has 4 aromatic rings. The van der Waals surface area contributed by atoms with Crippen molar-refractivity contribution in [2.75, 3.05) is 7.05 Å². The largest absolute Gasteiger partial charge is 0.505 e. The van der Waals surface area contributed by atoms with Crippen molar-refractivity contribution in [2.45, 2.75) is 14.7 Å². The Balaban J connectivity index is 2.02. The average Bonchev–Trinajstić information content (AvgIpc) is 2.80. The maximum atomic E-state index is 12.2. The van der Waals surface area contributed by atoms with Crippen molar-refractivity contribution in [2.24, 2.45) is 10.2 Å². The van der Waals surface area contributed by atoms with Gasteiger partial charge in [-0.3, -0.25) is 19.0 Å². The molecule has 4 aromatic carbocycles. The fourth-order valence-corrected chi connectivity index (χ4v) is 5.93. The van der Waals surface area contributed by atoms with Gasteiger partial charge in [-0.2, -0.15) is 25.3 Å². The second-order valence-corrected chi connectivity index (χ2v) is 11.7. The van der Waals surface area contributed by atoms with Crippen LogP contribution in [0.5, 0.6) is 5.75 Å². The molecule has 0 aliphatic carbocycles. The van der Waals surface area contributed by atoms with Gasteiger partial charge in [0, 0.05) is 23.2 Å². The maximum Gasteiger partial charge on any atom is 0.297 e. The molecule has 0 saturated carbocycles. The molecule has 37 heavy (non-hydrogen) atoms. The second-order valence-electron chi connectivity index (χ2n) is 7.59. The van der Waals surface area contributed by atoms with Gasteiger partial charge in [0.15, 0.2) is 5.75 Å². The van der Waals surface area contributed by atoms with Gasteiger partial charge in [-0.15, -0.1) is 10.2 Å². The number of aromatic hydroxyl groups is 1. The minimum atomic E-state index is -5.09. The Labute approximate surface area is 210 Å². The van der Waals surface area contributed by atoms with Crippen molar-refractivity contribution in [3.8, 4) is 5.75 Å². The lowest BCUT2D eigenvalue weighted by Gasteiger charge is -2.11. The molecule has 0 aromatic heterocycles. The van der Waals surface area contributed by atoms with Crippen LogP contribution in [0.15, 0.2) is 79.5 Å². The normalized spacial score (nSPS) is 13.0. The first-order valence-corrected chi connectivity index (χ1v) is 14.2. The zero-order valence-electron chi connectivity index (χ0n) is 18.5. The van der Waals surface area contributed by atoms with E-state index in [0.29, 0.717) is 5.69 Å². The third kappa shape index (κ3) is 4.97. The molecular weight excluding hydrogens is 550 g/mol. The van der Waals surface area contributed by atoms with Crippen LogP contribution in [0.3, 0.4) is 0 Å². The monoisotopic (exact) mass is 566 g/mol. The summed E-state index contributed by atoms with van der Waals surface area (Å²) in [5, 5.41) is 21.7. The van der Waals surface area contributed by atoms with E-state index in [4.69, 9.17) is 0 Å². The molecule has 16 heteroatoms. The number of benzene rings is 4. The van der Waals surface area contributed by atoms with Gasteiger partial charge in [-0.05, 0) is 41.8 Å². The van der Waals surface area contributed by atoms with Crippen LogP contribution in [-0.2, 0) is 30.4 Å². The first-order chi connectivity index (χ1) is 17.1. The molecule has 193 valence electrons. The second kappa shape index (κ2) is 9.02. The van der Waals surface area contributed by atoms with Crippen molar-refractivity contribution in [3.63, 3.8) is 0 Å². The Morgan fingerprint density at radius 3 is 1.92 bits per heavy atom. The predicted octanol–water partition coefficient (Wildman–Crippen LogP) is 3.72. The van der Waals surface area contributed by atoms with Crippen molar-refractivity contribution < 1.29 is 44.0 Å². The van der Waals surface area contributed by atoms with Crippen LogP contribution in [0.1, 0.15) is 0 Å². The number of phenolic OH excluding ortho intramolecular Hbond substituents is 1. The standard InChI is InChI=1S/C21H16N3O10S3/c1-22-12-5-6-13-11(9-12)10-18(36(29,30)31)19(20(13)25)24-23-16-8-7-14-15(21(16)37(32,33)34)3-2-4-17(14)35(26,27)28/h2-10,25H,1H3,(H,26,27,28)(H,29,30,31)(H,32,33,34)/b24-23+. The number of phenols is 1. The summed E-state index contributed by atoms with van der Waals surface area (Å²) in [4.78, 5) is -2.39. The number of nitrogens with zero attached hydrogens (tertiary/aromatic N) is 3. The zero-order chi connectivity index (χ0) is 27.3. The molecule has 0 aliphatic heterocycles. The average molecular weight is 567 g/mol. The van der Waals surface area contributed by atoms with E-state index in [1.165, 1.54) is 25.2 Å². The van der Waals surface area contributed by atoms with Gasteiger partial charge >= 0.3 is 0 Å². The van der Waals surface area contributed by atoms with E-state index in [-0.39, 0.29) is 21.5 Å². The Morgan fingerprint density at radius 1 is 0.676 bits per heavy atom. The SMILES string of the molecule is C[N]c1ccc2c(O)c(/N=N/c3ccc4c(S(=O)(=O)O)cccc4c3S(=O)(=O)O)c(S(=O)(=O)O)cc2c1. The molecule has 0 fully saturated rings. The van der Waals surface area contributed by atoms with Gasteiger partial charge in [-0.1, -0.05) is 18.2 Å². The summed E-state index contributed by atoms with van der Waals surface area (Å²) in [7, 11) is -13.4. The highest BCUT2D eigenvalue weighted by Gasteiger charge is 2.25. The molecule has 0 atom stereocenters. The third-order valence-electron chi connectivity index (χ3n) is 5.32. The first kappa shape index (κ1) is 26.4. The highest BCUT2D eigenvalue weighted by molar-refractivity contribution is 7.86. The van der Waals surface area contributed by atoms with Crippen LogP contribution < -0.4 is 5.32 Å². The summed E-state index contributed by atoms with van der Waals surface area (Å²) in [5.74, 6) is -0.709. The van der Waals surface area contributed by atoms with Gasteiger partial charge in [-0.25, -0.2) is 0 Å². The molecule has 13 nitrogen and oxygen atoms in total. The summed E-state index contributed by atoms with van der Waals surface area (Å²) in [6.45, 7) is 0. The Hall–Kier alpha value is -3.67. The van der Waals surface area contributed by atoms with E-state index in [0.717, 1.165) is 36.4 Å². The number of azo groups is 1. The number of hydrogen-bond donors (Lipinski definition) is 4. The van der Waals surface area contributed by atoms with Gasteiger partial charge in [0.05, 0.1) is 5.69 Å². The van der Waals surface area contributed by atoms with E-state index in [1.807, 2.05) is 0 Å². The summed E-state index contributed by atoms with van der Waals surface area (Å²) in [6.07, 6.45) is 0. The molecule has 0 bridgehead atoms. The van der Waals surface area contributed by atoms with E-state index >= 15 is 0 Å². The van der Waals surface area contributed by atoms with Crippen molar-refractivity contribution in [1.29, 1.82) is 0 Å². The van der Waals surface area contributed by atoms with Crippen molar-refractivity contribution >= 4 is 69.0 Å². The Kier molecular flexibility index (Phi) is 6.43. The van der Waals surface area contributed by atoms with Gasteiger partial charge in [0.2, 0.25) is 0 Å². The topological polar surface area (TPSA) is 222 Å². The lowest BCUT2D eigenvalue weighted by atomic mass is 10.1. The van der Waals surface area contributed by atoms with Crippen LogP contribution in [0, 0.1) is 0 Å². The first-order valence-electron chi connectivity index (χ1n) is 9.92. The van der Waals surface area contributed by atoms with E-state index in [2.05, 4.69) is 15.5 Å². The molecule has 0 spiro atoms. The number of hydrogen-bond acceptors (Lipinski definition) is 9. The van der Waals surface area contributed by atoms with Crippen LogP contribution in [-0.4, -0.2) is 51.1 Å². The smallest absolute Gasteiger partial charge is 0.297 e. The summed E-state index contributed by atoms with van der Waals surface area (Å²) < 4.78 is 101. The van der Waals surface area contributed by atoms with Crippen LogP contribution in [0.2, 0.25) is 0 Å². The minimum absolute atomic E-state index is 0.111. The molecule has 0 aliphatic rings. The highest BCUT2D eigenvalue weighted by atomic mass is 32.2. The van der Waals surface area contributed by atoms with E-state index in [9.17, 15) is 44.0 Å². The molecule has 0 unspecified atom stereocenters. The van der Waals surface area contributed by atoms with E-state index in [1.54, 1.807) is 0 Å². The molecule has 1 radical (unpaired) electrons. The Bertz CT molecular complexity index is 1950. The summed E-state index contributed by atoms with van der Waals surface area (Å²) >= 11 is 0. The van der Waals surface area contributed by atoms with E-state index < -0.39 is 62.2 Å². The lowest BCUT2D eigenvalue weighted by Crippen LogP contribution is -2.03. The lowest BCUT2D eigenvalue weighted by molar-refractivity contribution is 0.472. The quantitative estimate of drug-likeness (QED) is 0.195. The highest BCUT2D eigenvalue weighted by Crippen LogP contribution is 2.43. The van der Waals surface area contributed by atoms with Crippen LogP contribution >= 0.6 is 0 Å². The van der Waals surface area contributed by atoms with Gasteiger partial charge < -0.3 is 5.11 Å². The van der Waals surface area contributed by atoms with Gasteiger partial charge in [0.25, 0.3) is 30.4 Å². The fourth-order valence-electron chi connectivity index (χ4n) is 3.74. The van der Waals surface area contributed by atoms with Crippen molar-refractivity contribution in [1.82, 2.24) is 5.32 Å². The van der Waals surface area contributed by atoms with Crippen LogP contribution in [0.25, 0.3) is 21.5 Å². The Morgan fingerprint density at radius 2 is 1.32 bits per heavy atom. The third-order valence-corrected chi connectivity index (χ3v) is 8.04. The summed E-state index contributed by atoms with van der Waals surface area (Å²) in [6, 6.07) is 10.7. The molecule has 4 rings (SSSR count). The minimum Gasteiger partial charge on any atom is -0.505 e. The summed E-state index contributed by atoms with van der Waals surface area (Å²) in [5.41, 5.74) is -0.853. The van der Waals surface area contributed by atoms with Crippen LogP contribution in [0.4, 0.5) is 17.1 Å². The zero-order valence-corrected chi connectivity index (χ0v) is 21.0.